The van der Waals surface area contributed by atoms with Crippen molar-refractivity contribution in [2.45, 2.75) is 23.8 Å². The van der Waals surface area contributed by atoms with Crippen molar-refractivity contribution in [3.05, 3.63) is 29.8 Å². The molecule has 0 aromatic heterocycles. The van der Waals surface area contributed by atoms with Crippen LogP contribution in [0.15, 0.2) is 29.2 Å². The first-order chi connectivity index (χ1) is 9.61. The van der Waals surface area contributed by atoms with E-state index in [1.54, 1.807) is 18.2 Å². The molecule has 0 aliphatic carbocycles. The lowest BCUT2D eigenvalue weighted by atomic mass is 10.2. The first-order valence-electron chi connectivity index (χ1n) is 6.42. The van der Waals surface area contributed by atoms with E-state index in [9.17, 15) is 13.5 Å². The summed E-state index contributed by atoms with van der Waals surface area (Å²) >= 11 is 0. The number of nitrogens with zero attached hydrogens (tertiary/aromatic N) is 1. The van der Waals surface area contributed by atoms with Crippen LogP contribution in [0.4, 0.5) is 0 Å². The second-order valence-corrected chi connectivity index (χ2v) is 6.41. The number of sulfonamides is 1. The average Bonchev–Trinajstić information content (AvgIpc) is 2.94. The molecule has 1 atom stereocenters. The fraction of sp³-hybridized carbons (Fsp3) is 0.429. The molecule has 108 valence electrons. The Balaban J connectivity index is 2.44. The van der Waals surface area contributed by atoms with Crippen LogP contribution in [-0.2, 0) is 10.0 Å². The zero-order valence-corrected chi connectivity index (χ0v) is 11.8. The number of aliphatic hydroxyl groups excluding tert-OH is 2. The third-order valence-corrected chi connectivity index (χ3v) is 5.32. The molecule has 1 aromatic rings. The second kappa shape index (κ2) is 6.37. The highest BCUT2D eigenvalue weighted by Gasteiger charge is 2.35. The second-order valence-electron chi connectivity index (χ2n) is 4.55. The van der Waals surface area contributed by atoms with E-state index >= 15 is 0 Å². The van der Waals surface area contributed by atoms with Gasteiger partial charge in [-0.25, -0.2) is 8.42 Å². The van der Waals surface area contributed by atoms with Gasteiger partial charge in [0.2, 0.25) is 10.0 Å². The lowest BCUT2D eigenvalue weighted by molar-refractivity contribution is 0.213. The molecule has 1 saturated heterocycles. The van der Waals surface area contributed by atoms with Gasteiger partial charge in [-0.2, -0.15) is 4.31 Å². The minimum Gasteiger partial charge on any atom is -0.395 e. The Kier molecular flexibility index (Phi) is 4.78. The minimum absolute atomic E-state index is 0.126. The van der Waals surface area contributed by atoms with E-state index in [1.807, 2.05) is 0 Å². The average molecular weight is 295 g/mol. The van der Waals surface area contributed by atoms with Crippen molar-refractivity contribution < 1.29 is 18.6 Å². The Morgan fingerprint density at radius 1 is 1.30 bits per heavy atom. The highest BCUT2D eigenvalue weighted by molar-refractivity contribution is 7.89. The molecule has 2 N–H and O–H groups in total. The Morgan fingerprint density at radius 2 is 2.05 bits per heavy atom. The van der Waals surface area contributed by atoms with Crippen LogP contribution < -0.4 is 0 Å². The van der Waals surface area contributed by atoms with Gasteiger partial charge in [0.1, 0.15) is 6.61 Å². The van der Waals surface area contributed by atoms with E-state index in [2.05, 4.69) is 11.8 Å². The molecule has 1 fully saturated rings. The van der Waals surface area contributed by atoms with Gasteiger partial charge in [0.25, 0.3) is 0 Å². The topological polar surface area (TPSA) is 77.8 Å². The van der Waals surface area contributed by atoms with E-state index in [4.69, 9.17) is 5.11 Å². The number of benzene rings is 1. The predicted molar refractivity (Wildman–Crippen MR) is 74.4 cm³/mol. The summed E-state index contributed by atoms with van der Waals surface area (Å²) in [6.45, 7) is -0.0869. The van der Waals surface area contributed by atoms with Crippen LogP contribution in [0.5, 0.6) is 0 Å². The molecular formula is C14H17NO4S. The summed E-state index contributed by atoms with van der Waals surface area (Å²) in [6.07, 6.45) is 1.41. The van der Waals surface area contributed by atoms with Crippen LogP contribution >= 0.6 is 0 Å². The van der Waals surface area contributed by atoms with Gasteiger partial charge in [-0.1, -0.05) is 24.0 Å². The van der Waals surface area contributed by atoms with E-state index in [1.165, 1.54) is 10.4 Å². The molecule has 1 aromatic carbocycles. The molecule has 6 heteroatoms. The first kappa shape index (κ1) is 15.0. The Hall–Kier alpha value is -1.39. The quantitative estimate of drug-likeness (QED) is 0.780. The highest BCUT2D eigenvalue weighted by Crippen LogP contribution is 2.27. The lowest BCUT2D eigenvalue weighted by Gasteiger charge is -2.23. The van der Waals surface area contributed by atoms with Crippen LogP contribution in [-0.4, -0.2) is 48.7 Å². The molecule has 1 unspecified atom stereocenters. The molecule has 0 spiro atoms. The van der Waals surface area contributed by atoms with Gasteiger partial charge < -0.3 is 10.2 Å². The van der Waals surface area contributed by atoms with Crippen LogP contribution in [0.1, 0.15) is 18.4 Å². The molecule has 0 radical (unpaired) electrons. The van der Waals surface area contributed by atoms with Crippen LogP contribution in [0, 0.1) is 11.8 Å². The van der Waals surface area contributed by atoms with Gasteiger partial charge in [0.15, 0.2) is 0 Å². The molecule has 0 bridgehead atoms. The highest BCUT2D eigenvalue weighted by atomic mass is 32.2. The number of rotatable bonds is 3. The minimum atomic E-state index is -3.67. The molecule has 0 saturated carbocycles. The fourth-order valence-corrected chi connectivity index (χ4v) is 4.20. The summed E-state index contributed by atoms with van der Waals surface area (Å²) < 4.78 is 26.7. The zero-order valence-electron chi connectivity index (χ0n) is 11.0. The zero-order chi connectivity index (χ0) is 14.6. The molecule has 2 rings (SSSR count). The van der Waals surface area contributed by atoms with Crippen molar-refractivity contribution in [2.75, 3.05) is 19.8 Å². The van der Waals surface area contributed by atoms with E-state index in [0.29, 0.717) is 18.5 Å². The fourth-order valence-electron chi connectivity index (χ4n) is 2.36. The van der Waals surface area contributed by atoms with Crippen molar-refractivity contribution >= 4 is 10.0 Å². The summed E-state index contributed by atoms with van der Waals surface area (Å²) in [4.78, 5) is 0.126. The summed E-state index contributed by atoms with van der Waals surface area (Å²) in [5.41, 5.74) is 0.366. The maximum atomic E-state index is 12.7. The molecular weight excluding hydrogens is 278 g/mol. The molecule has 20 heavy (non-hydrogen) atoms. The normalized spacial score (nSPS) is 19.6. The van der Waals surface area contributed by atoms with Gasteiger partial charge in [0.05, 0.1) is 11.5 Å². The summed E-state index contributed by atoms with van der Waals surface area (Å²) in [5, 5.41) is 18.0. The lowest BCUT2D eigenvalue weighted by Crippen LogP contribution is -2.37. The van der Waals surface area contributed by atoms with Crippen molar-refractivity contribution in [1.82, 2.24) is 4.31 Å². The van der Waals surface area contributed by atoms with Gasteiger partial charge >= 0.3 is 0 Å². The van der Waals surface area contributed by atoms with Crippen molar-refractivity contribution in [2.24, 2.45) is 0 Å². The summed E-state index contributed by atoms with van der Waals surface area (Å²) in [5.74, 6) is 5.12. The van der Waals surface area contributed by atoms with Gasteiger partial charge in [-0.3, -0.25) is 0 Å². The Labute approximate surface area is 118 Å². The van der Waals surface area contributed by atoms with Crippen molar-refractivity contribution in [3.8, 4) is 11.8 Å². The van der Waals surface area contributed by atoms with E-state index < -0.39 is 10.0 Å². The maximum Gasteiger partial charge on any atom is 0.244 e. The summed E-state index contributed by atoms with van der Waals surface area (Å²) in [7, 11) is -3.67. The predicted octanol–water partition coefficient (Wildman–Crippen LogP) is 0.176. The first-order valence-corrected chi connectivity index (χ1v) is 7.86. The standard InChI is InChI=1S/C14H17NO4S/c16-10-4-6-12-5-1-2-8-14(12)20(18,19)15-9-3-7-13(15)11-17/h1-2,5,8,13,16-17H,3,7,9-11H2. The van der Waals surface area contributed by atoms with Crippen LogP contribution in [0.3, 0.4) is 0 Å². The SMILES string of the molecule is O=S(=O)(c1ccccc1C#CCO)N1CCCC1CO. The molecule has 1 aliphatic rings. The van der Waals surface area contributed by atoms with E-state index in [-0.39, 0.29) is 24.2 Å². The van der Waals surface area contributed by atoms with Gasteiger partial charge in [0, 0.05) is 18.2 Å². The third kappa shape index (κ3) is 2.86. The number of hydrogen-bond acceptors (Lipinski definition) is 4. The Morgan fingerprint density at radius 3 is 2.75 bits per heavy atom. The number of aliphatic hydroxyl groups is 2. The Bertz CT molecular complexity index is 630. The smallest absolute Gasteiger partial charge is 0.244 e. The largest absolute Gasteiger partial charge is 0.395 e. The molecule has 1 aliphatic heterocycles. The monoisotopic (exact) mass is 295 g/mol. The van der Waals surface area contributed by atoms with Crippen LogP contribution in [0.2, 0.25) is 0 Å². The molecule has 1 heterocycles. The van der Waals surface area contributed by atoms with Crippen molar-refractivity contribution in [1.29, 1.82) is 0 Å². The maximum absolute atomic E-state index is 12.7. The van der Waals surface area contributed by atoms with E-state index in [0.717, 1.165) is 6.42 Å². The van der Waals surface area contributed by atoms with Gasteiger partial charge in [-0.15, -0.1) is 0 Å². The molecule has 0 amide bonds. The van der Waals surface area contributed by atoms with Crippen molar-refractivity contribution in [3.63, 3.8) is 0 Å². The van der Waals surface area contributed by atoms with Gasteiger partial charge in [-0.05, 0) is 25.0 Å². The molecule has 5 nitrogen and oxygen atoms in total. The third-order valence-electron chi connectivity index (χ3n) is 3.31. The summed E-state index contributed by atoms with van der Waals surface area (Å²) in [6, 6.07) is 6.09. The number of hydrogen-bond donors (Lipinski definition) is 2. The van der Waals surface area contributed by atoms with Crippen LogP contribution in [0.25, 0.3) is 0 Å².